The predicted molar refractivity (Wildman–Crippen MR) is 69.4 cm³/mol. The Kier molecular flexibility index (Phi) is 4.40. The van der Waals surface area contributed by atoms with Gasteiger partial charge in [-0.25, -0.2) is 0 Å². The highest BCUT2D eigenvalue weighted by Crippen LogP contribution is 2.11. The lowest BCUT2D eigenvalue weighted by Crippen LogP contribution is -2.35. The van der Waals surface area contributed by atoms with Crippen LogP contribution in [0.1, 0.15) is 29.6 Å². The molecule has 2 rings (SSSR count). The number of carbonyl (C=O) groups is 1. The number of nitrogens with one attached hydrogen (secondary N) is 2. The lowest BCUT2D eigenvalue weighted by Gasteiger charge is -2.15. The first kappa shape index (κ1) is 12.4. The zero-order chi connectivity index (χ0) is 12.1. The standard InChI is InChI=1S/C13H17ClN2O/c14-11-5-3-10(4-6-11)13(17)16-12-2-1-8-15-9-7-12/h3-6,12,15H,1-2,7-9H2,(H,16,17). The van der Waals surface area contributed by atoms with Crippen LogP contribution >= 0.6 is 11.6 Å². The van der Waals surface area contributed by atoms with Crippen LogP contribution in [0.25, 0.3) is 0 Å². The lowest BCUT2D eigenvalue weighted by atomic mass is 10.1. The molecule has 1 fully saturated rings. The Balaban J connectivity index is 1.93. The molecule has 1 aliphatic heterocycles. The summed E-state index contributed by atoms with van der Waals surface area (Å²) in [7, 11) is 0. The van der Waals surface area contributed by atoms with Crippen LogP contribution in [0.2, 0.25) is 5.02 Å². The van der Waals surface area contributed by atoms with E-state index in [2.05, 4.69) is 10.6 Å². The van der Waals surface area contributed by atoms with Crippen molar-refractivity contribution in [3.05, 3.63) is 34.9 Å². The van der Waals surface area contributed by atoms with Crippen molar-refractivity contribution < 1.29 is 4.79 Å². The average Bonchev–Trinajstić information content (AvgIpc) is 2.58. The summed E-state index contributed by atoms with van der Waals surface area (Å²) in [5.41, 5.74) is 0.673. The van der Waals surface area contributed by atoms with Gasteiger partial charge in [0.1, 0.15) is 0 Å². The summed E-state index contributed by atoms with van der Waals surface area (Å²) in [4.78, 5) is 12.0. The summed E-state index contributed by atoms with van der Waals surface area (Å²) < 4.78 is 0. The van der Waals surface area contributed by atoms with Gasteiger partial charge in [-0.3, -0.25) is 4.79 Å². The number of rotatable bonds is 2. The fraction of sp³-hybridized carbons (Fsp3) is 0.462. The maximum atomic E-state index is 12.0. The van der Waals surface area contributed by atoms with E-state index in [4.69, 9.17) is 11.6 Å². The molecule has 92 valence electrons. The monoisotopic (exact) mass is 252 g/mol. The van der Waals surface area contributed by atoms with Crippen LogP contribution in [-0.4, -0.2) is 25.0 Å². The van der Waals surface area contributed by atoms with Crippen molar-refractivity contribution in [2.45, 2.75) is 25.3 Å². The predicted octanol–water partition coefficient (Wildman–Crippen LogP) is 2.21. The van der Waals surface area contributed by atoms with E-state index in [-0.39, 0.29) is 11.9 Å². The Hall–Kier alpha value is -1.06. The lowest BCUT2D eigenvalue weighted by molar-refractivity contribution is 0.0934. The first-order chi connectivity index (χ1) is 8.25. The van der Waals surface area contributed by atoms with Crippen molar-refractivity contribution >= 4 is 17.5 Å². The van der Waals surface area contributed by atoms with Crippen LogP contribution < -0.4 is 10.6 Å². The summed E-state index contributed by atoms with van der Waals surface area (Å²) in [5, 5.41) is 7.05. The minimum atomic E-state index is -0.00596. The molecule has 3 nitrogen and oxygen atoms in total. The number of carbonyl (C=O) groups excluding carboxylic acids is 1. The van der Waals surface area contributed by atoms with Gasteiger partial charge in [-0.2, -0.15) is 0 Å². The molecule has 1 saturated heterocycles. The fourth-order valence-corrected chi connectivity index (χ4v) is 2.16. The second-order valence-corrected chi connectivity index (χ2v) is 4.79. The van der Waals surface area contributed by atoms with Crippen molar-refractivity contribution in [1.82, 2.24) is 10.6 Å². The maximum Gasteiger partial charge on any atom is 0.251 e. The highest BCUT2D eigenvalue weighted by Gasteiger charge is 2.15. The molecule has 0 saturated carbocycles. The molecule has 0 aliphatic carbocycles. The molecule has 1 atom stereocenters. The van der Waals surface area contributed by atoms with E-state index >= 15 is 0 Å². The van der Waals surface area contributed by atoms with Gasteiger partial charge < -0.3 is 10.6 Å². The van der Waals surface area contributed by atoms with E-state index in [0.29, 0.717) is 10.6 Å². The highest BCUT2D eigenvalue weighted by molar-refractivity contribution is 6.30. The summed E-state index contributed by atoms with van der Waals surface area (Å²) >= 11 is 5.79. The number of halogens is 1. The second-order valence-electron chi connectivity index (χ2n) is 4.36. The van der Waals surface area contributed by atoms with Gasteiger partial charge in [0.2, 0.25) is 0 Å². The topological polar surface area (TPSA) is 41.1 Å². The van der Waals surface area contributed by atoms with Crippen molar-refractivity contribution in [2.24, 2.45) is 0 Å². The first-order valence-electron chi connectivity index (χ1n) is 6.03. The van der Waals surface area contributed by atoms with Crippen LogP contribution in [0.15, 0.2) is 24.3 Å². The Morgan fingerprint density at radius 3 is 2.76 bits per heavy atom. The third-order valence-electron chi connectivity index (χ3n) is 3.02. The van der Waals surface area contributed by atoms with Gasteiger partial charge in [0.05, 0.1) is 0 Å². The molecule has 1 aromatic rings. The summed E-state index contributed by atoms with van der Waals surface area (Å²) in [5.74, 6) is -0.00596. The number of amides is 1. The van der Waals surface area contributed by atoms with Crippen LogP contribution in [0.5, 0.6) is 0 Å². The Labute approximate surface area is 107 Å². The Morgan fingerprint density at radius 2 is 2.00 bits per heavy atom. The van der Waals surface area contributed by atoms with Gasteiger partial charge in [-0.15, -0.1) is 0 Å². The van der Waals surface area contributed by atoms with Crippen molar-refractivity contribution in [2.75, 3.05) is 13.1 Å². The van der Waals surface area contributed by atoms with E-state index in [0.717, 1.165) is 32.4 Å². The molecule has 0 bridgehead atoms. The molecule has 0 radical (unpaired) electrons. The minimum absolute atomic E-state index is 0.00596. The molecular weight excluding hydrogens is 236 g/mol. The van der Waals surface area contributed by atoms with Crippen LogP contribution in [0, 0.1) is 0 Å². The summed E-state index contributed by atoms with van der Waals surface area (Å²) in [6.45, 7) is 2.03. The summed E-state index contributed by atoms with van der Waals surface area (Å²) in [6, 6.07) is 7.28. The number of hydrogen-bond acceptors (Lipinski definition) is 2. The van der Waals surface area contributed by atoms with Gasteiger partial charge >= 0.3 is 0 Å². The third-order valence-corrected chi connectivity index (χ3v) is 3.27. The molecule has 1 aromatic carbocycles. The smallest absolute Gasteiger partial charge is 0.251 e. The molecule has 0 spiro atoms. The largest absolute Gasteiger partial charge is 0.349 e. The van der Waals surface area contributed by atoms with Gasteiger partial charge in [0.15, 0.2) is 0 Å². The Bertz CT molecular complexity index is 370. The molecule has 1 amide bonds. The molecule has 17 heavy (non-hydrogen) atoms. The molecule has 1 aliphatic rings. The maximum absolute atomic E-state index is 12.0. The van der Waals surface area contributed by atoms with Gasteiger partial charge in [0, 0.05) is 16.6 Å². The third kappa shape index (κ3) is 3.72. The van der Waals surface area contributed by atoms with Crippen molar-refractivity contribution in [3.63, 3.8) is 0 Å². The molecule has 0 aromatic heterocycles. The number of benzene rings is 1. The highest BCUT2D eigenvalue weighted by atomic mass is 35.5. The van der Waals surface area contributed by atoms with Crippen molar-refractivity contribution in [3.8, 4) is 0 Å². The van der Waals surface area contributed by atoms with Crippen LogP contribution in [-0.2, 0) is 0 Å². The van der Waals surface area contributed by atoms with E-state index in [9.17, 15) is 4.79 Å². The normalized spacial score (nSPS) is 20.6. The second kappa shape index (κ2) is 6.03. The van der Waals surface area contributed by atoms with E-state index in [1.165, 1.54) is 0 Å². The Morgan fingerprint density at radius 1 is 1.24 bits per heavy atom. The molecule has 2 N–H and O–H groups in total. The van der Waals surface area contributed by atoms with E-state index in [1.807, 2.05) is 0 Å². The minimum Gasteiger partial charge on any atom is -0.349 e. The van der Waals surface area contributed by atoms with E-state index in [1.54, 1.807) is 24.3 Å². The van der Waals surface area contributed by atoms with Crippen molar-refractivity contribution in [1.29, 1.82) is 0 Å². The van der Waals surface area contributed by atoms with Gasteiger partial charge in [0.25, 0.3) is 5.91 Å². The molecule has 1 unspecified atom stereocenters. The van der Waals surface area contributed by atoms with E-state index < -0.39 is 0 Å². The zero-order valence-corrected chi connectivity index (χ0v) is 10.5. The van der Waals surface area contributed by atoms with Crippen LogP contribution in [0.4, 0.5) is 0 Å². The van der Waals surface area contributed by atoms with Gasteiger partial charge in [-0.05, 0) is 56.6 Å². The zero-order valence-electron chi connectivity index (χ0n) is 9.71. The molecule has 1 heterocycles. The average molecular weight is 253 g/mol. The molecular formula is C13H17ClN2O. The SMILES string of the molecule is O=C(NC1CCCNCC1)c1ccc(Cl)cc1. The van der Waals surface area contributed by atoms with Crippen LogP contribution in [0.3, 0.4) is 0 Å². The van der Waals surface area contributed by atoms with Gasteiger partial charge in [-0.1, -0.05) is 11.6 Å². The summed E-state index contributed by atoms with van der Waals surface area (Å²) in [6.07, 6.45) is 3.16. The number of hydrogen-bond donors (Lipinski definition) is 2. The fourth-order valence-electron chi connectivity index (χ4n) is 2.03. The first-order valence-corrected chi connectivity index (χ1v) is 6.40. The molecule has 4 heteroatoms. The quantitative estimate of drug-likeness (QED) is 0.847.